The van der Waals surface area contributed by atoms with E-state index in [0.29, 0.717) is 19.4 Å². The van der Waals surface area contributed by atoms with Crippen LogP contribution in [0.1, 0.15) is 17.5 Å². The first-order chi connectivity index (χ1) is 13.1. The lowest BCUT2D eigenvalue weighted by molar-refractivity contribution is -0.118. The molecule has 0 bridgehead atoms. The fourth-order valence-corrected chi connectivity index (χ4v) is 3.26. The third-order valence-electron chi connectivity index (χ3n) is 4.85. The molecule has 0 aliphatic carbocycles. The van der Waals surface area contributed by atoms with E-state index < -0.39 is 0 Å². The molecule has 2 aromatic carbocycles. The summed E-state index contributed by atoms with van der Waals surface area (Å²) in [5, 5.41) is 0. The van der Waals surface area contributed by atoms with Crippen LogP contribution in [0.3, 0.4) is 0 Å². The van der Waals surface area contributed by atoms with Gasteiger partial charge in [0.1, 0.15) is 18.2 Å². The van der Waals surface area contributed by atoms with Crippen LogP contribution in [-0.4, -0.2) is 17.9 Å². The molecule has 0 unspecified atom stereocenters. The second kappa shape index (κ2) is 7.19. The standard InChI is InChI=1S/C22H19FN2O2/c1-25(22(26)9-4-15-2-5-17(23)6-3-15)18-7-8-19-16(12-18)14-27-21-13-24-11-10-20(19)21/h2-3,5-8,10-13H,4,9,14H2,1H3. The van der Waals surface area contributed by atoms with Crippen molar-refractivity contribution >= 4 is 11.6 Å². The van der Waals surface area contributed by atoms with Crippen LogP contribution in [-0.2, 0) is 17.8 Å². The highest BCUT2D eigenvalue weighted by Crippen LogP contribution is 2.38. The summed E-state index contributed by atoms with van der Waals surface area (Å²) in [5.41, 5.74) is 4.95. The maximum absolute atomic E-state index is 13.0. The lowest BCUT2D eigenvalue weighted by Crippen LogP contribution is -2.26. The lowest BCUT2D eigenvalue weighted by atomic mass is 9.97. The minimum absolute atomic E-state index is 0.0144. The zero-order valence-electron chi connectivity index (χ0n) is 15.0. The molecule has 27 heavy (non-hydrogen) atoms. The first kappa shape index (κ1) is 17.2. The number of carbonyl (C=O) groups excluding carboxylic acids is 1. The van der Waals surface area contributed by atoms with E-state index in [1.807, 2.05) is 24.3 Å². The molecule has 0 spiro atoms. The van der Waals surface area contributed by atoms with Gasteiger partial charge in [0.25, 0.3) is 0 Å². The van der Waals surface area contributed by atoms with Gasteiger partial charge < -0.3 is 9.64 Å². The summed E-state index contributed by atoms with van der Waals surface area (Å²) in [6, 6.07) is 14.2. The van der Waals surface area contributed by atoms with Crippen molar-refractivity contribution in [3.8, 4) is 16.9 Å². The van der Waals surface area contributed by atoms with Gasteiger partial charge in [-0.25, -0.2) is 4.39 Å². The zero-order chi connectivity index (χ0) is 18.8. The first-order valence-corrected chi connectivity index (χ1v) is 8.83. The molecule has 0 atom stereocenters. The molecular formula is C22H19FN2O2. The Morgan fingerprint density at radius 1 is 1.15 bits per heavy atom. The average molecular weight is 362 g/mol. The molecule has 0 radical (unpaired) electrons. The Balaban J connectivity index is 1.48. The van der Waals surface area contributed by atoms with Gasteiger partial charge in [-0.2, -0.15) is 0 Å². The number of rotatable bonds is 4. The van der Waals surface area contributed by atoms with Crippen molar-refractivity contribution in [1.82, 2.24) is 4.98 Å². The van der Waals surface area contributed by atoms with E-state index in [1.165, 1.54) is 12.1 Å². The number of ether oxygens (including phenoxy) is 1. The number of nitrogens with zero attached hydrogens (tertiary/aromatic N) is 2. The Morgan fingerprint density at radius 2 is 1.96 bits per heavy atom. The van der Waals surface area contributed by atoms with Gasteiger partial charge in [0.2, 0.25) is 5.91 Å². The molecule has 2 heterocycles. The van der Waals surface area contributed by atoms with E-state index in [9.17, 15) is 9.18 Å². The average Bonchev–Trinajstić information content (AvgIpc) is 2.72. The van der Waals surface area contributed by atoms with Crippen LogP contribution < -0.4 is 9.64 Å². The highest BCUT2D eigenvalue weighted by Gasteiger charge is 2.19. The molecule has 4 rings (SSSR count). The molecule has 0 N–H and O–H groups in total. The van der Waals surface area contributed by atoms with Crippen LogP contribution in [0.2, 0.25) is 0 Å². The van der Waals surface area contributed by atoms with Crippen LogP contribution >= 0.6 is 0 Å². The molecule has 1 aliphatic rings. The highest BCUT2D eigenvalue weighted by molar-refractivity contribution is 5.93. The molecule has 0 saturated heterocycles. The van der Waals surface area contributed by atoms with Gasteiger partial charge in [0, 0.05) is 30.9 Å². The monoisotopic (exact) mass is 362 g/mol. The molecular weight excluding hydrogens is 343 g/mol. The van der Waals surface area contributed by atoms with Gasteiger partial charge in [0.15, 0.2) is 0 Å². The van der Waals surface area contributed by atoms with Gasteiger partial charge in [-0.1, -0.05) is 18.2 Å². The fourth-order valence-electron chi connectivity index (χ4n) is 3.26. The summed E-state index contributed by atoms with van der Waals surface area (Å²) in [6.45, 7) is 0.458. The highest BCUT2D eigenvalue weighted by atomic mass is 19.1. The molecule has 3 aromatic rings. The largest absolute Gasteiger partial charge is 0.487 e. The first-order valence-electron chi connectivity index (χ1n) is 8.83. The Morgan fingerprint density at radius 3 is 2.78 bits per heavy atom. The van der Waals surface area contributed by atoms with E-state index in [-0.39, 0.29) is 11.7 Å². The number of benzene rings is 2. The number of carbonyl (C=O) groups is 1. The van der Waals surface area contributed by atoms with Crippen LogP contribution in [0.5, 0.6) is 5.75 Å². The van der Waals surface area contributed by atoms with Gasteiger partial charge in [-0.05, 0) is 53.4 Å². The summed E-state index contributed by atoms with van der Waals surface area (Å²) >= 11 is 0. The van der Waals surface area contributed by atoms with E-state index in [1.54, 1.807) is 36.5 Å². The number of anilines is 1. The second-order valence-electron chi connectivity index (χ2n) is 6.58. The van der Waals surface area contributed by atoms with E-state index >= 15 is 0 Å². The maximum Gasteiger partial charge on any atom is 0.227 e. The number of fused-ring (bicyclic) bond motifs is 3. The van der Waals surface area contributed by atoms with Crippen molar-refractivity contribution in [3.05, 3.63) is 77.9 Å². The van der Waals surface area contributed by atoms with Crippen LogP contribution in [0.25, 0.3) is 11.1 Å². The van der Waals surface area contributed by atoms with Gasteiger partial charge in [-0.3, -0.25) is 9.78 Å². The van der Waals surface area contributed by atoms with Crippen LogP contribution in [0.4, 0.5) is 10.1 Å². The summed E-state index contributed by atoms with van der Waals surface area (Å²) in [4.78, 5) is 18.3. The second-order valence-corrected chi connectivity index (χ2v) is 6.58. The van der Waals surface area contributed by atoms with Crippen LogP contribution in [0, 0.1) is 5.82 Å². The maximum atomic E-state index is 13.0. The summed E-state index contributed by atoms with van der Waals surface area (Å²) < 4.78 is 18.7. The van der Waals surface area contributed by atoms with E-state index in [2.05, 4.69) is 4.98 Å². The summed E-state index contributed by atoms with van der Waals surface area (Å²) in [7, 11) is 1.77. The van der Waals surface area contributed by atoms with E-state index in [4.69, 9.17) is 4.74 Å². The fraction of sp³-hybridized carbons (Fsp3) is 0.182. The smallest absolute Gasteiger partial charge is 0.227 e. The van der Waals surface area contributed by atoms with Gasteiger partial charge in [-0.15, -0.1) is 0 Å². The Labute approximate surface area is 157 Å². The molecule has 4 nitrogen and oxygen atoms in total. The van der Waals surface area contributed by atoms with Crippen molar-refractivity contribution in [2.24, 2.45) is 0 Å². The number of aromatic nitrogens is 1. The van der Waals surface area contributed by atoms with Crippen molar-refractivity contribution < 1.29 is 13.9 Å². The molecule has 0 fully saturated rings. The number of pyridine rings is 1. The SMILES string of the molecule is CN(C(=O)CCc1ccc(F)cc1)c1ccc2c(c1)COc1cnccc1-2. The third kappa shape index (κ3) is 3.53. The number of hydrogen-bond acceptors (Lipinski definition) is 3. The predicted octanol–water partition coefficient (Wildman–Crippen LogP) is 4.38. The van der Waals surface area contributed by atoms with E-state index in [0.717, 1.165) is 33.7 Å². The molecule has 5 heteroatoms. The number of hydrogen-bond donors (Lipinski definition) is 0. The van der Waals surface area contributed by atoms with Gasteiger partial charge in [0.05, 0.1) is 6.20 Å². The quantitative estimate of drug-likeness (QED) is 0.692. The topological polar surface area (TPSA) is 42.4 Å². The van der Waals surface area contributed by atoms with Crippen molar-refractivity contribution in [2.75, 3.05) is 11.9 Å². The summed E-state index contributed by atoms with van der Waals surface area (Å²) in [6.07, 6.45) is 4.41. The minimum atomic E-state index is -0.268. The molecule has 1 aliphatic heterocycles. The van der Waals surface area contributed by atoms with Crippen molar-refractivity contribution in [3.63, 3.8) is 0 Å². The number of aryl methyl sites for hydroxylation is 1. The van der Waals surface area contributed by atoms with Gasteiger partial charge >= 0.3 is 0 Å². The third-order valence-corrected chi connectivity index (χ3v) is 4.85. The predicted molar refractivity (Wildman–Crippen MR) is 102 cm³/mol. The molecule has 1 aromatic heterocycles. The molecule has 1 amide bonds. The zero-order valence-corrected chi connectivity index (χ0v) is 15.0. The Hall–Kier alpha value is -3.21. The molecule has 136 valence electrons. The Bertz CT molecular complexity index is 986. The summed E-state index contributed by atoms with van der Waals surface area (Å²) in [5.74, 6) is 0.526. The lowest BCUT2D eigenvalue weighted by Gasteiger charge is -2.23. The van der Waals surface area contributed by atoms with Crippen molar-refractivity contribution in [1.29, 1.82) is 0 Å². The Kier molecular flexibility index (Phi) is 4.59. The molecule has 0 saturated carbocycles. The van der Waals surface area contributed by atoms with Crippen molar-refractivity contribution in [2.45, 2.75) is 19.4 Å². The minimum Gasteiger partial charge on any atom is -0.487 e. The number of halogens is 1. The number of amides is 1. The van der Waals surface area contributed by atoms with Crippen LogP contribution in [0.15, 0.2) is 60.9 Å². The normalized spacial score (nSPS) is 11.9.